The Labute approximate surface area is 173 Å². The zero-order valence-electron chi connectivity index (χ0n) is 15.8. The summed E-state index contributed by atoms with van der Waals surface area (Å²) < 4.78 is 4.10. The van der Waals surface area contributed by atoms with E-state index in [1.54, 1.807) is 10.8 Å². The van der Waals surface area contributed by atoms with Gasteiger partial charge in [-0.2, -0.15) is 5.10 Å². The third-order valence-electron chi connectivity index (χ3n) is 6.10. The molecular weight excluding hydrogens is 392 g/mol. The van der Waals surface area contributed by atoms with E-state index in [0.717, 1.165) is 36.5 Å². The summed E-state index contributed by atoms with van der Waals surface area (Å²) in [5.74, 6) is 0.989. The normalized spacial score (nSPS) is 18.6. The van der Waals surface area contributed by atoms with Gasteiger partial charge in [0.05, 0.1) is 0 Å². The molecule has 146 valence electrons. The Morgan fingerprint density at radius 3 is 2.75 bits per heavy atom. The minimum atomic E-state index is 0.390. The standard InChI is InChI=1S/C20H23ClN6S/c1-14-7-17(21)27-18(14)19(23-13-24-27)25-11-20(12-25)8-16(9-20)26(28-22)10-15-5-3-2-4-6-15/h2-7,13,16H,8-12,22H2,1H3. The summed E-state index contributed by atoms with van der Waals surface area (Å²) in [5, 5.41) is 10.9. The molecular formula is C20H23ClN6S. The molecule has 28 heavy (non-hydrogen) atoms. The first kappa shape index (κ1) is 18.2. The fourth-order valence-electron chi connectivity index (χ4n) is 4.72. The molecule has 0 radical (unpaired) electrons. The number of nitrogens with two attached hydrogens (primary N) is 1. The van der Waals surface area contributed by atoms with Gasteiger partial charge in [0, 0.05) is 43.2 Å². The largest absolute Gasteiger partial charge is 0.354 e. The van der Waals surface area contributed by atoms with Gasteiger partial charge >= 0.3 is 0 Å². The third-order valence-corrected chi connectivity index (χ3v) is 7.06. The molecule has 1 spiro atoms. The minimum Gasteiger partial charge on any atom is -0.354 e. The maximum Gasteiger partial charge on any atom is 0.156 e. The van der Waals surface area contributed by atoms with Crippen molar-refractivity contribution >= 4 is 35.1 Å². The van der Waals surface area contributed by atoms with Crippen molar-refractivity contribution in [2.24, 2.45) is 10.6 Å². The predicted molar refractivity (Wildman–Crippen MR) is 114 cm³/mol. The molecule has 3 aromatic rings. The average molecular weight is 415 g/mol. The molecule has 0 amide bonds. The van der Waals surface area contributed by atoms with E-state index in [4.69, 9.17) is 16.7 Å². The molecule has 2 N–H and O–H groups in total. The molecule has 1 aliphatic carbocycles. The van der Waals surface area contributed by atoms with Crippen LogP contribution in [-0.4, -0.2) is 38.0 Å². The number of rotatable bonds is 5. The summed E-state index contributed by atoms with van der Waals surface area (Å²) >= 11 is 7.65. The molecule has 0 unspecified atom stereocenters. The summed E-state index contributed by atoms with van der Waals surface area (Å²) in [6.07, 6.45) is 3.96. The van der Waals surface area contributed by atoms with Crippen LogP contribution in [0.25, 0.3) is 5.52 Å². The molecule has 1 saturated carbocycles. The number of nitrogens with zero attached hydrogens (tertiary/aromatic N) is 5. The molecule has 5 rings (SSSR count). The van der Waals surface area contributed by atoms with E-state index in [-0.39, 0.29) is 0 Å². The number of aromatic nitrogens is 3. The summed E-state index contributed by atoms with van der Waals surface area (Å²) in [6, 6.07) is 13.0. The van der Waals surface area contributed by atoms with Crippen LogP contribution < -0.4 is 10.0 Å². The van der Waals surface area contributed by atoms with Crippen LogP contribution in [0.4, 0.5) is 5.82 Å². The maximum absolute atomic E-state index is 6.28. The van der Waals surface area contributed by atoms with Gasteiger partial charge in [-0.15, -0.1) is 0 Å². The second kappa shape index (κ2) is 6.91. The number of aryl methyl sites for hydroxylation is 1. The molecule has 1 aromatic carbocycles. The van der Waals surface area contributed by atoms with Crippen molar-refractivity contribution in [3.8, 4) is 0 Å². The van der Waals surface area contributed by atoms with Crippen LogP contribution in [0.15, 0.2) is 42.7 Å². The number of hydrogen-bond acceptors (Lipinski definition) is 6. The van der Waals surface area contributed by atoms with E-state index < -0.39 is 0 Å². The third kappa shape index (κ3) is 2.97. The zero-order valence-corrected chi connectivity index (χ0v) is 17.3. The number of benzene rings is 1. The van der Waals surface area contributed by atoms with Crippen molar-refractivity contribution in [1.29, 1.82) is 0 Å². The lowest BCUT2D eigenvalue weighted by molar-refractivity contribution is 0.0148. The number of hydrogen-bond donors (Lipinski definition) is 1. The Morgan fingerprint density at radius 2 is 2.04 bits per heavy atom. The van der Waals surface area contributed by atoms with Gasteiger partial charge in [0.2, 0.25) is 0 Å². The van der Waals surface area contributed by atoms with Crippen molar-refractivity contribution in [1.82, 2.24) is 18.9 Å². The lowest BCUT2D eigenvalue weighted by Gasteiger charge is -2.61. The quantitative estimate of drug-likeness (QED) is 0.642. The first-order valence-corrected chi connectivity index (χ1v) is 10.7. The molecule has 1 aliphatic heterocycles. The molecule has 2 fully saturated rings. The number of anilines is 1. The highest BCUT2D eigenvalue weighted by atomic mass is 35.5. The Bertz CT molecular complexity index is 993. The van der Waals surface area contributed by atoms with E-state index >= 15 is 0 Å². The van der Waals surface area contributed by atoms with Crippen molar-refractivity contribution in [2.45, 2.75) is 32.4 Å². The Hall–Kier alpha value is -1.80. The highest BCUT2D eigenvalue weighted by Crippen LogP contribution is 2.52. The van der Waals surface area contributed by atoms with Gasteiger partial charge < -0.3 is 4.90 Å². The van der Waals surface area contributed by atoms with Crippen molar-refractivity contribution in [3.63, 3.8) is 0 Å². The second-order valence-corrected chi connectivity index (χ2v) is 9.15. The Kier molecular flexibility index (Phi) is 4.50. The summed E-state index contributed by atoms with van der Waals surface area (Å²) in [7, 11) is 0. The molecule has 0 atom stereocenters. The van der Waals surface area contributed by atoms with Crippen LogP contribution in [0.2, 0.25) is 5.15 Å². The van der Waals surface area contributed by atoms with Crippen LogP contribution in [-0.2, 0) is 6.54 Å². The summed E-state index contributed by atoms with van der Waals surface area (Å²) in [5.41, 5.74) is 3.82. The number of halogens is 1. The van der Waals surface area contributed by atoms with Crippen molar-refractivity contribution in [3.05, 3.63) is 59.0 Å². The highest BCUT2D eigenvalue weighted by Gasteiger charge is 2.54. The van der Waals surface area contributed by atoms with Crippen LogP contribution in [0, 0.1) is 12.3 Å². The van der Waals surface area contributed by atoms with Crippen molar-refractivity contribution in [2.75, 3.05) is 18.0 Å². The monoisotopic (exact) mass is 414 g/mol. The molecule has 6 nitrogen and oxygen atoms in total. The first-order valence-electron chi connectivity index (χ1n) is 9.50. The molecule has 3 heterocycles. The summed E-state index contributed by atoms with van der Waals surface area (Å²) in [6.45, 7) is 5.02. The van der Waals surface area contributed by atoms with Crippen LogP contribution >= 0.6 is 23.7 Å². The van der Waals surface area contributed by atoms with Gasteiger partial charge in [-0.1, -0.05) is 41.9 Å². The molecule has 0 bridgehead atoms. The van der Waals surface area contributed by atoms with E-state index in [1.807, 2.05) is 6.07 Å². The summed E-state index contributed by atoms with van der Waals surface area (Å²) in [4.78, 5) is 6.91. The minimum absolute atomic E-state index is 0.390. The van der Waals surface area contributed by atoms with Crippen LogP contribution in [0.5, 0.6) is 0 Å². The van der Waals surface area contributed by atoms with E-state index in [0.29, 0.717) is 16.6 Å². The average Bonchev–Trinajstić information content (AvgIpc) is 2.94. The van der Waals surface area contributed by atoms with E-state index in [2.05, 4.69) is 56.5 Å². The lowest BCUT2D eigenvalue weighted by atomic mass is 9.60. The van der Waals surface area contributed by atoms with Gasteiger partial charge in [0.1, 0.15) is 17.0 Å². The lowest BCUT2D eigenvalue weighted by Crippen LogP contribution is -2.66. The van der Waals surface area contributed by atoms with Gasteiger partial charge in [0.25, 0.3) is 0 Å². The van der Waals surface area contributed by atoms with Gasteiger partial charge in [0.15, 0.2) is 5.82 Å². The highest BCUT2D eigenvalue weighted by molar-refractivity contribution is 7.94. The van der Waals surface area contributed by atoms with Crippen LogP contribution in [0.1, 0.15) is 24.0 Å². The molecule has 2 aliphatic rings. The molecule has 2 aromatic heterocycles. The van der Waals surface area contributed by atoms with Gasteiger partial charge in [-0.3, -0.25) is 5.14 Å². The van der Waals surface area contributed by atoms with Crippen LogP contribution in [0.3, 0.4) is 0 Å². The zero-order chi connectivity index (χ0) is 19.3. The number of fused-ring (bicyclic) bond motifs is 1. The second-order valence-electron chi connectivity index (χ2n) is 8.08. The molecule has 8 heteroatoms. The van der Waals surface area contributed by atoms with Crippen molar-refractivity contribution < 1.29 is 0 Å². The van der Waals surface area contributed by atoms with Gasteiger partial charge in [-0.05, 0) is 37.0 Å². The first-order chi connectivity index (χ1) is 13.6. The molecule has 1 saturated heterocycles. The Balaban J connectivity index is 1.25. The smallest absolute Gasteiger partial charge is 0.156 e. The maximum atomic E-state index is 6.28. The fraction of sp³-hybridized carbons (Fsp3) is 0.400. The SMILES string of the molecule is Cc1cc(Cl)n2ncnc(N3CC4(CC(N(Cc5ccccc5)SN)C4)C3)c12. The predicted octanol–water partition coefficient (Wildman–Crippen LogP) is 3.68. The Morgan fingerprint density at radius 1 is 1.29 bits per heavy atom. The fourth-order valence-corrected chi connectivity index (χ4v) is 5.56. The van der Waals surface area contributed by atoms with E-state index in [9.17, 15) is 0 Å². The topological polar surface area (TPSA) is 62.7 Å². The van der Waals surface area contributed by atoms with E-state index in [1.165, 1.54) is 30.5 Å². The van der Waals surface area contributed by atoms with Gasteiger partial charge in [-0.25, -0.2) is 13.8 Å².